The average Bonchev–Trinajstić information content (AvgIpc) is 2.93. The molecule has 0 aromatic heterocycles. The molecular weight excluding hydrogens is 372 g/mol. The molecule has 2 rings (SSSR count). The van der Waals surface area contributed by atoms with Gasteiger partial charge >= 0.3 is 5.97 Å². The van der Waals surface area contributed by atoms with Gasteiger partial charge in [-0.15, -0.1) is 12.4 Å². The third-order valence-electron chi connectivity index (χ3n) is 3.54. The number of sulfone groups is 1. The summed E-state index contributed by atoms with van der Waals surface area (Å²) >= 11 is 0. The minimum Gasteiger partial charge on any atom is -0.462 e. The number of carbonyl (C=O) groups is 2. The summed E-state index contributed by atoms with van der Waals surface area (Å²) in [5.74, 6) is -1.08. The number of esters is 1. The van der Waals surface area contributed by atoms with Crippen LogP contribution < -0.4 is 10.6 Å². The van der Waals surface area contributed by atoms with Crippen molar-refractivity contribution in [1.29, 1.82) is 0 Å². The lowest BCUT2D eigenvalue weighted by Crippen LogP contribution is -2.35. The summed E-state index contributed by atoms with van der Waals surface area (Å²) in [5.41, 5.74) is 0.212. The maximum absolute atomic E-state index is 12.2. The third-order valence-corrected chi connectivity index (χ3v) is 4.63. The molecule has 0 spiro atoms. The Morgan fingerprint density at radius 1 is 1.36 bits per heavy atom. The van der Waals surface area contributed by atoms with Crippen LogP contribution in [0.5, 0.6) is 0 Å². The molecule has 2 unspecified atom stereocenters. The van der Waals surface area contributed by atoms with Gasteiger partial charge < -0.3 is 20.5 Å². The van der Waals surface area contributed by atoms with E-state index in [9.17, 15) is 23.1 Å². The molecular formula is C15H21ClN2O6S. The van der Waals surface area contributed by atoms with Crippen molar-refractivity contribution in [2.24, 2.45) is 0 Å². The van der Waals surface area contributed by atoms with Crippen LogP contribution in [0.1, 0.15) is 23.7 Å². The molecule has 10 heteroatoms. The Balaban J connectivity index is 0.00000312. The highest BCUT2D eigenvalue weighted by molar-refractivity contribution is 7.90. The first-order valence-electron chi connectivity index (χ1n) is 7.45. The molecule has 1 saturated heterocycles. The van der Waals surface area contributed by atoms with Gasteiger partial charge in [-0.05, 0) is 31.5 Å². The van der Waals surface area contributed by atoms with Crippen LogP contribution in [-0.4, -0.2) is 57.0 Å². The first-order valence-corrected chi connectivity index (χ1v) is 9.34. The van der Waals surface area contributed by atoms with E-state index in [4.69, 9.17) is 4.74 Å². The average molecular weight is 393 g/mol. The van der Waals surface area contributed by atoms with Crippen molar-refractivity contribution < 1.29 is 27.9 Å². The lowest BCUT2D eigenvalue weighted by atomic mass is 10.1. The SMILES string of the molecule is CCOC(=O)c1cc(NC(=O)C2CC(O)CN2)cc(S(C)(=O)=O)c1.Cl. The molecule has 25 heavy (non-hydrogen) atoms. The van der Waals surface area contributed by atoms with Gasteiger partial charge in [0.25, 0.3) is 0 Å². The smallest absolute Gasteiger partial charge is 0.338 e. The molecule has 3 N–H and O–H groups in total. The van der Waals surface area contributed by atoms with Crippen molar-refractivity contribution in [2.75, 3.05) is 24.7 Å². The standard InChI is InChI=1S/C15H20N2O6S.ClH/c1-3-23-15(20)9-4-10(6-12(5-9)24(2,21)22)17-14(19)13-7-11(18)8-16-13;/h4-6,11,13,16,18H,3,7-8H2,1-2H3,(H,17,19);1H. The number of anilines is 1. The van der Waals surface area contributed by atoms with Crippen molar-refractivity contribution in [3.63, 3.8) is 0 Å². The topological polar surface area (TPSA) is 122 Å². The number of nitrogens with one attached hydrogen (secondary N) is 2. The minimum atomic E-state index is -3.57. The Morgan fingerprint density at radius 3 is 2.56 bits per heavy atom. The van der Waals surface area contributed by atoms with Gasteiger partial charge in [0.2, 0.25) is 5.91 Å². The lowest BCUT2D eigenvalue weighted by molar-refractivity contribution is -0.117. The zero-order valence-corrected chi connectivity index (χ0v) is 15.4. The summed E-state index contributed by atoms with van der Waals surface area (Å²) in [4.78, 5) is 24.0. The Hall–Kier alpha value is -1.68. The molecule has 1 aromatic carbocycles. The summed E-state index contributed by atoms with van der Waals surface area (Å²) in [5, 5.41) is 14.9. The van der Waals surface area contributed by atoms with Gasteiger partial charge in [0.1, 0.15) is 0 Å². The van der Waals surface area contributed by atoms with Crippen LogP contribution in [0.4, 0.5) is 5.69 Å². The molecule has 2 atom stereocenters. The number of aliphatic hydroxyl groups excluding tert-OH is 1. The van der Waals surface area contributed by atoms with E-state index >= 15 is 0 Å². The lowest BCUT2D eigenvalue weighted by Gasteiger charge is -2.13. The number of benzene rings is 1. The van der Waals surface area contributed by atoms with Gasteiger partial charge in [-0.3, -0.25) is 4.79 Å². The minimum absolute atomic E-state index is 0. The predicted molar refractivity (Wildman–Crippen MR) is 93.8 cm³/mol. The van der Waals surface area contributed by atoms with Crippen LogP contribution in [0.2, 0.25) is 0 Å². The number of aliphatic hydroxyl groups is 1. The second-order valence-corrected chi connectivity index (χ2v) is 7.59. The number of hydrogen-bond acceptors (Lipinski definition) is 7. The largest absolute Gasteiger partial charge is 0.462 e. The van der Waals surface area contributed by atoms with Gasteiger partial charge in [0.05, 0.1) is 29.2 Å². The number of carbonyl (C=O) groups excluding carboxylic acids is 2. The third kappa shape index (κ3) is 5.67. The normalized spacial score (nSPS) is 19.8. The second-order valence-electron chi connectivity index (χ2n) is 5.58. The monoisotopic (exact) mass is 392 g/mol. The Kier molecular flexibility index (Phi) is 7.36. The Morgan fingerprint density at radius 2 is 2.04 bits per heavy atom. The van der Waals surface area contributed by atoms with Crippen molar-refractivity contribution in [2.45, 2.75) is 30.4 Å². The maximum Gasteiger partial charge on any atom is 0.338 e. The zero-order chi connectivity index (χ0) is 17.9. The summed E-state index contributed by atoms with van der Waals surface area (Å²) in [6.45, 7) is 2.10. The molecule has 1 aliphatic rings. The number of halogens is 1. The maximum atomic E-state index is 12.2. The Bertz CT molecular complexity index is 752. The summed E-state index contributed by atoms with van der Waals surface area (Å²) in [6, 6.07) is 3.27. The molecule has 1 aliphatic heterocycles. The fraction of sp³-hybridized carbons (Fsp3) is 0.467. The van der Waals surface area contributed by atoms with Crippen LogP contribution in [0, 0.1) is 0 Å². The quantitative estimate of drug-likeness (QED) is 0.618. The van der Waals surface area contributed by atoms with E-state index in [0.29, 0.717) is 6.54 Å². The van der Waals surface area contributed by atoms with Gasteiger partial charge in [-0.25, -0.2) is 13.2 Å². The van der Waals surface area contributed by atoms with Crippen LogP contribution in [0.15, 0.2) is 23.1 Å². The molecule has 1 aromatic rings. The molecule has 140 valence electrons. The number of hydrogen-bond donors (Lipinski definition) is 3. The van der Waals surface area contributed by atoms with E-state index in [2.05, 4.69) is 10.6 Å². The van der Waals surface area contributed by atoms with E-state index in [1.165, 1.54) is 18.2 Å². The van der Waals surface area contributed by atoms with Crippen molar-refractivity contribution >= 4 is 39.8 Å². The van der Waals surface area contributed by atoms with Gasteiger partial charge in [-0.2, -0.15) is 0 Å². The molecule has 0 radical (unpaired) electrons. The van der Waals surface area contributed by atoms with E-state index in [-0.39, 0.29) is 41.6 Å². The zero-order valence-electron chi connectivity index (χ0n) is 13.8. The van der Waals surface area contributed by atoms with Crippen LogP contribution >= 0.6 is 12.4 Å². The van der Waals surface area contributed by atoms with Gasteiger partial charge in [-0.1, -0.05) is 0 Å². The molecule has 0 saturated carbocycles. The van der Waals surface area contributed by atoms with Crippen molar-refractivity contribution in [3.8, 4) is 0 Å². The van der Waals surface area contributed by atoms with Crippen LogP contribution in [0.25, 0.3) is 0 Å². The molecule has 1 heterocycles. The molecule has 0 bridgehead atoms. The van der Waals surface area contributed by atoms with Gasteiger partial charge in [0.15, 0.2) is 9.84 Å². The fourth-order valence-corrected chi connectivity index (χ4v) is 3.05. The molecule has 1 fully saturated rings. The number of β-amino-alcohol motifs (C(OH)–C–C–N with tert-alkyl or cyclic N) is 1. The highest BCUT2D eigenvalue weighted by Gasteiger charge is 2.28. The van der Waals surface area contributed by atoms with Crippen molar-refractivity contribution in [1.82, 2.24) is 5.32 Å². The number of ether oxygens (including phenoxy) is 1. The van der Waals surface area contributed by atoms with Crippen LogP contribution in [0.3, 0.4) is 0 Å². The highest BCUT2D eigenvalue weighted by atomic mass is 35.5. The van der Waals surface area contributed by atoms with E-state index < -0.39 is 33.9 Å². The summed E-state index contributed by atoms with van der Waals surface area (Å²) in [7, 11) is -3.57. The fourth-order valence-electron chi connectivity index (χ4n) is 2.36. The second kappa shape index (κ2) is 8.61. The summed E-state index contributed by atoms with van der Waals surface area (Å²) < 4.78 is 28.5. The number of amides is 1. The highest BCUT2D eigenvalue weighted by Crippen LogP contribution is 2.21. The molecule has 1 amide bonds. The first-order chi connectivity index (χ1) is 11.2. The predicted octanol–water partition coefficient (Wildman–Crippen LogP) is 0.350. The number of rotatable bonds is 5. The van der Waals surface area contributed by atoms with E-state index in [0.717, 1.165) is 6.26 Å². The molecule has 0 aliphatic carbocycles. The van der Waals surface area contributed by atoms with Crippen LogP contribution in [-0.2, 0) is 19.4 Å². The Labute approximate surface area is 152 Å². The van der Waals surface area contributed by atoms with E-state index in [1.807, 2.05) is 0 Å². The van der Waals surface area contributed by atoms with Crippen molar-refractivity contribution in [3.05, 3.63) is 23.8 Å². The van der Waals surface area contributed by atoms with E-state index in [1.54, 1.807) is 6.92 Å². The molecule has 8 nitrogen and oxygen atoms in total. The first kappa shape index (κ1) is 21.4. The summed E-state index contributed by atoms with van der Waals surface area (Å²) in [6.07, 6.45) is 0.679. The van der Waals surface area contributed by atoms with Gasteiger partial charge in [0, 0.05) is 18.5 Å².